The third-order valence-electron chi connectivity index (χ3n) is 2.23. The first-order valence-corrected chi connectivity index (χ1v) is 4.23. The van der Waals surface area contributed by atoms with E-state index in [0.717, 1.165) is 17.7 Å². The minimum Gasteiger partial charge on any atom is -0.457 e. The number of aliphatic hydroxyl groups is 1. The summed E-state index contributed by atoms with van der Waals surface area (Å²) in [5.41, 5.74) is 2.37. The Morgan fingerprint density at radius 3 is 2.92 bits per heavy atom. The number of aliphatic hydroxyl groups excluding tert-OH is 1. The standard InChI is InChI=1S/C10H9NO2/c1-2-6-4-3-5-7-8(6)11-10(13)9(7)12/h3-5H,2H2,1H3,(H,11,12,13)/p+1. The predicted octanol–water partition coefficient (Wildman–Crippen LogP) is 0.114. The number of Topliss-reactive ketones (excluding diaryl/α,β-unsaturated/α-hetero) is 1. The molecule has 0 saturated heterocycles. The van der Waals surface area contributed by atoms with Gasteiger partial charge in [-0.3, -0.25) is 4.79 Å². The maximum Gasteiger partial charge on any atom is 0.414 e. The van der Waals surface area contributed by atoms with Crippen molar-refractivity contribution < 1.29 is 14.9 Å². The van der Waals surface area contributed by atoms with E-state index in [4.69, 9.17) is 0 Å². The number of aryl methyl sites for hydroxylation is 1. The van der Waals surface area contributed by atoms with Crippen molar-refractivity contribution in [3.63, 3.8) is 0 Å². The van der Waals surface area contributed by atoms with Crippen LogP contribution in [0.2, 0.25) is 0 Å². The fourth-order valence-electron chi connectivity index (χ4n) is 1.53. The Morgan fingerprint density at radius 1 is 1.46 bits per heavy atom. The number of hydrogen-bond acceptors (Lipinski definition) is 1. The third kappa shape index (κ3) is 1.04. The molecule has 0 bridgehead atoms. The van der Waals surface area contributed by atoms with Gasteiger partial charge in [0.05, 0.1) is 0 Å². The Hall–Kier alpha value is -1.64. The topological polar surface area (TPSA) is 51.3 Å². The van der Waals surface area contributed by atoms with E-state index < -0.39 is 0 Å². The van der Waals surface area contributed by atoms with Crippen molar-refractivity contribution in [1.29, 1.82) is 0 Å². The summed E-state index contributed by atoms with van der Waals surface area (Å²) < 4.78 is 0. The molecule has 3 nitrogen and oxygen atoms in total. The van der Waals surface area contributed by atoms with Crippen molar-refractivity contribution in [2.75, 3.05) is 0 Å². The second-order valence-corrected chi connectivity index (χ2v) is 3.00. The molecule has 1 aromatic rings. The van der Waals surface area contributed by atoms with E-state index in [1.54, 1.807) is 6.07 Å². The maximum absolute atomic E-state index is 11.3. The van der Waals surface area contributed by atoms with Crippen molar-refractivity contribution in [3.05, 3.63) is 29.3 Å². The monoisotopic (exact) mass is 176 g/mol. The predicted molar refractivity (Wildman–Crippen MR) is 48.4 cm³/mol. The van der Waals surface area contributed by atoms with Gasteiger partial charge in [-0.25, -0.2) is 0 Å². The summed E-state index contributed by atoms with van der Waals surface area (Å²) in [6, 6.07) is 5.49. The number of benzene rings is 1. The van der Waals surface area contributed by atoms with Crippen LogP contribution < -0.4 is 4.99 Å². The number of hydrogen-bond donors (Lipinski definition) is 2. The van der Waals surface area contributed by atoms with E-state index in [1.165, 1.54) is 0 Å². The van der Waals surface area contributed by atoms with Crippen molar-refractivity contribution in [2.24, 2.45) is 0 Å². The van der Waals surface area contributed by atoms with Crippen LogP contribution in [-0.2, 0) is 6.42 Å². The molecular weight excluding hydrogens is 166 g/mol. The molecule has 0 unspecified atom stereocenters. The summed E-state index contributed by atoms with van der Waals surface area (Å²) in [5.74, 6) is -0.582. The van der Waals surface area contributed by atoms with Gasteiger partial charge in [-0.05, 0) is 12.5 Å². The Labute approximate surface area is 75.7 Å². The Morgan fingerprint density at radius 2 is 2.23 bits per heavy atom. The van der Waals surface area contributed by atoms with Crippen molar-refractivity contribution in [3.8, 4) is 0 Å². The second kappa shape index (κ2) is 2.69. The molecule has 0 aliphatic carbocycles. The molecule has 0 radical (unpaired) electrons. The van der Waals surface area contributed by atoms with Crippen molar-refractivity contribution in [1.82, 2.24) is 0 Å². The number of carbonyl (C=O) groups is 1. The summed E-state index contributed by atoms with van der Waals surface area (Å²) in [6.45, 7) is 2.01. The second-order valence-electron chi connectivity index (χ2n) is 3.00. The van der Waals surface area contributed by atoms with Crippen LogP contribution >= 0.6 is 0 Å². The van der Waals surface area contributed by atoms with Crippen LogP contribution in [0.3, 0.4) is 0 Å². The molecule has 3 heteroatoms. The molecule has 1 aliphatic heterocycles. The van der Waals surface area contributed by atoms with Gasteiger partial charge < -0.3 is 5.11 Å². The van der Waals surface area contributed by atoms with Crippen LogP contribution in [0.15, 0.2) is 18.2 Å². The highest BCUT2D eigenvalue weighted by Gasteiger charge is 2.32. The van der Waals surface area contributed by atoms with Gasteiger partial charge in [0.25, 0.3) is 0 Å². The quantitative estimate of drug-likeness (QED) is 0.638. The van der Waals surface area contributed by atoms with E-state index >= 15 is 0 Å². The molecule has 0 spiro atoms. The van der Waals surface area contributed by atoms with Crippen LogP contribution in [0.25, 0.3) is 0 Å². The molecule has 0 saturated carbocycles. The Bertz CT molecular complexity index is 407. The molecule has 2 N–H and O–H groups in total. The number of para-hydroxylation sites is 1. The van der Waals surface area contributed by atoms with E-state index in [0.29, 0.717) is 5.56 Å². The maximum atomic E-state index is 11.3. The average Bonchev–Trinajstić information content (AvgIpc) is 2.43. The molecule has 2 rings (SSSR count). The van der Waals surface area contributed by atoms with E-state index in [-0.39, 0.29) is 11.7 Å². The first-order valence-electron chi connectivity index (χ1n) is 4.23. The molecule has 0 fully saturated rings. The lowest BCUT2D eigenvalue weighted by molar-refractivity contribution is -0.360. The zero-order chi connectivity index (χ0) is 9.42. The third-order valence-corrected chi connectivity index (χ3v) is 2.23. The number of rotatable bonds is 1. The number of fused-ring (bicyclic) bond motifs is 1. The highest BCUT2D eigenvalue weighted by Crippen LogP contribution is 2.19. The molecule has 0 atom stereocenters. The Balaban J connectivity index is 2.66. The smallest absolute Gasteiger partial charge is 0.414 e. The Kier molecular flexibility index (Phi) is 1.65. The lowest BCUT2D eigenvalue weighted by Gasteiger charge is -1.95. The largest absolute Gasteiger partial charge is 0.457 e. The van der Waals surface area contributed by atoms with Crippen molar-refractivity contribution in [2.45, 2.75) is 13.3 Å². The van der Waals surface area contributed by atoms with Gasteiger partial charge in [0.1, 0.15) is 5.56 Å². The number of ketones is 1. The minimum atomic E-state index is -0.315. The van der Waals surface area contributed by atoms with Crippen molar-refractivity contribution >= 4 is 17.4 Å². The summed E-state index contributed by atoms with van der Waals surface area (Å²) in [6.07, 6.45) is 0.844. The fourth-order valence-corrected chi connectivity index (χ4v) is 1.53. The van der Waals surface area contributed by atoms with Gasteiger partial charge in [0.15, 0.2) is 0 Å². The number of nitrogens with one attached hydrogen (secondary N) is 1. The molecule has 1 aromatic carbocycles. The SMILES string of the molecule is CCc1cccc2c1[NH+]=C(O)C2=O. The molecule has 0 amide bonds. The first-order chi connectivity index (χ1) is 6.24. The lowest BCUT2D eigenvalue weighted by Crippen LogP contribution is -2.65. The highest BCUT2D eigenvalue weighted by molar-refractivity contribution is 6.42. The molecule has 0 aromatic heterocycles. The summed E-state index contributed by atoms with van der Waals surface area (Å²) >= 11 is 0. The van der Waals surface area contributed by atoms with Crippen LogP contribution in [0.1, 0.15) is 22.8 Å². The molecular formula is C10H10NO2+. The number of carbonyl (C=O) groups excluding carboxylic acids is 1. The fraction of sp³-hybridized carbons (Fsp3) is 0.200. The summed E-state index contributed by atoms with van der Waals surface area (Å²) in [4.78, 5) is 14.0. The van der Waals surface area contributed by atoms with E-state index in [9.17, 15) is 9.90 Å². The van der Waals surface area contributed by atoms with E-state index in [1.807, 2.05) is 19.1 Å². The zero-order valence-electron chi connectivity index (χ0n) is 7.29. The van der Waals surface area contributed by atoms with Crippen LogP contribution in [0.5, 0.6) is 0 Å². The summed E-state index contributed by atoms with van der Waals surface area (Å²) in [5, 5.41) is 9.20. The molecule has 1 aliphatic rings. The van der Waals surface area contributed by atoms with Gasteiger partial charge in [-0.2, -0.15) is 4.99 Å². The van der Waals surface area contributed by atoms with Gasteiger partial charge in [-0.15, -0.1) is 0 Å². The van der Waals surface area contributed by atoms with Gasteiger partial charge >= 0.3 is 11.7 Å². The highest BCUT2D eigenvalue weighted by atomic mass is 16.3. The average molecular weight is 176 g/mol. The minimum absolute atomic E-state index is 0.268. The molecule has 13 heavy (non-hydrogen) atoms. The zero-order valence-corrected chi connectivity index (χ0v) is 7.29. The van der Waals surface area contributed by atoms with E-state index in [2.05, 4.69) is 4.99 Å². The van der Waals surface area contributed by atoms with Crippen LogP contribution in [-0.4, -0.2) is 16.8 Å². The van der Waals surface area contributed by atoms with Gasteiger partial charge in [0, 0.05) is 5.56 Å². The van der Waals surface area contributed by atoms with Gasteiger partial charge in [0.2, 0.25) is 5.69 Å². The van der Waals surface area contributed by atoms with Crippen LogP contribution in [0, 0.1) is 0 Å². The summed E-state index contributed by atoms with van der Waals surface area (Å²) in [7, 11) is 0. The van der Waals surface area contributed by atoms with Gasteiger partial charge in [-0.1, -0.05) is 19.1 Å². The molecule has 1 heterocycles. The van der Waals surface area contributed by atoms with Crippen LogP contribution in [0.4, 0.5) is 5.69 Å². The normalized spacial score (nSPS) is 14.2. The molecule has 66 valence electrons. The lowest BCUT2D eigenvalue weighted by atomic mass is 10.0. The first kappa shape index (κ1) is 7.98.